The predicted molar refractivity (Wildman–Crippen MR) is 162 cm³/mol. The van der Waals surface area contributed by atoms with Crippen molar-refractivity contribution in [2.45, 2.75) is 57.9 Å². The first-order valence-electron chi connectivity index (χ1n) is 14.4. The lowest BCUT2D eigenvalue weighted by Crippen LogP contribution is -2.44. The van der Waals surface area contributed by atoms with Crippen molar-refractivity contribution < 1.29 is 14.7 Å². The molecular formula is C31H41ClN6O3. The van der Waals surface area contributed by atoms with Gasteiger partial charge in [0, 0.05) is 31.4 Å². The molecule has 9 nitrogen and oxygen atoms in total. The number of carbonyl (C=O) groups excluding carboxylic acids is 1. The molecule has 0 radical (unpaired) electrons. The summed E-state index contributed by atoms with van der Waals surface area (Å²) in [6.45, 7) is 5.58. The Morgan fingerprint density at radius 2 is 2.07 bits per heavy atom. The Balaban J connectivity index is 0.00000387. The highest BCUT2D eigenvalue weighted by atomic mass is 35.5. The topological polar surface area (TPSA) is 112 Å². The van der Waals surface area contributed by atoms with Crippen LogP contribution in [0.5, 0.6) is 0 Å². The van der Waals surface area contributed by atoms with Gasteiger partial charge in [0.25, 0.3) is 0 Å². The normalized spacial score (nSPS) is 17.6. The standard InChI is InChI=1S/C31H40N6O3.ClH/c1-21-19-33-36(2)29(21)24-8-3-7-23(17-24)27(18-28(38)39)35-31(40)25-10-5-15-37(20-25)16-6-11-26-13-12-22-9-4-14-32-30(22)34-26;/h3,7-8,12-13,17,19,25,27H,4-6,9-11,14-16,18,20H2,1-2H3,(H,32,34)(H,35,40)(H,38,39);1H/t25-,27?;/m1./s1. The first-order valence-corrected chi connectivity index (χ1v) is 14.4. The van der Waals surface area contributed by atoms with Gasteiger partial charge < -0.3 is 20.6 Å². The van der Waals surface area contributed by atoms with Crippen molar-refractivity contribution in [3.63, 3.8) is 0 Å². The van der Waals surface area contributed by atoms with Gasteiger partial charge >= 0.3 is 5.97 Å². The highest BCUT2D eigenvalue weighted by molar-refractivity contribution is 5.85. The highest BCUT2D eigenvalue weighted by Gasteiger charge is 2.28. The van der Waals surface area contributed by atoms with Crippen LogP contribution in [0.1, 0.15) is 60.5 Å². The first kappa shape index (κ1) is 30.5. The van der Waals surface area contributed by atoms with E-state index in [1.54, 1.807) is 0 Å². The van der Waals surface area contributed by atoms with E-state index < -0.39 is 12.0 Å². The third kappa shape index (κ3) is 7.65. The van der Waals surface area contributed by atoms with E-state index in [1.807, 2.05) is 49.1 Å². The van der Waals surface area contributed by atoms with Crippen LogP contribution in [0.3, 0.4) is 0 Å². The molecule has 0 spiro atoms. The molecule has 0 bridgehead atoms. The maximum atomic E-state index is 13.4. The Kier molecular flexibility index (Phi) is 10.4. The number of nitrogens with one attached hydrogen (secondary N) is 2. The first-order chi connectivity index (χ1) is 19.4. The number of amides is 1. The molecule has 1 fully saturated rings. The summed E-state index contributed by atoms with van der Waals surface area (Å²) in [5.74, 6) is -0.127. The molecule has 0 aliphatic carbocycles. The number of nitrogens with zero attached hydrogens (tertiary/aromatic N) is 4. The number of likely N-dealkylation sites (tertiary alicyclic amines) is 1. The second-order valence-corrected chi connectivity index (χ2v) is 11.2. The zero-order valence-electron chi connectivity index (χ0n) is 23.9. The van der Waals surface area contributed by atoms with E-state index in [0.29, 0.717) is 6.54 Å². The average molecular weight is 581 g/mol. The van der Waals surface area contributed by atoms with E-state index in [1.165, 1.54) is 5.56 Å². The van der Waals surface area contributed by atoms with Crippen LogP contribution >= 0.6 is 12.4 Å². The van der Waals surface area contributed by atoms with Gasteiger partial charge in [-0.15, -0.1) is 12.4 Å². The summed E-state index contributed by atoms with van der Waals surface area (Å²) >= 11 is 0. The van der Waals surface area contributed by atoms with E-state index in [9.17, 15) is 14.7 Å². The molecule has 0 saturated carbocycles. The molecule has 2 aromatic heterocycles. The van der Waals surface area contributed by atoms with Crippen LogP contribution in [0.4, 0.5) is 5.82 Å². The zero-order valence-corrected chi connectivity index (χ0v) is 24.8. The van der Waals surface area contributed by atoms with Crippen molar-refractivity contribution in [2.75, 3.05) is 31.5 Å². The molecule has 2 aliphatic rings. The van der Waals surface area contributed by atoms with Gasteiger partial charge in [0.05, 0.1) is 30.3 Å². The number of carboxylic acids is 1. The number of rotatable bonds is 10. The van der Waals surface area contributed by atoms with E-state index in [-0.39, 0.29) is 30.7 Å². The molecule has 1 saturated heterocycles. The smallest absolute Gasteiger partial charge is 0.305 e. The number of carboxylic acid groups (broad SMARTS) is 1. The molecule has 3 N–H and O–H groups in total. The quantitative estimate of drug-likeness (QED) is 0.322. The molecule has 1 amide bonds. The summed E-state index contributed by atoms with van der Waals surface area (Å²) in [5, 5.41) is 20.4. The fraction of sp³-hybridized carbons (Fsp3) is 0.484. The van der Waals surface area contributed by atoms with Crippen LogP contribution in [0.15, 0.2) is 42.6 Å². The predicted octanol–water partition coefficient (Wildman–Crippen LogP) is 4.55. The molecule has 1 unspecified atom stereocenters. The van der Waals surface area contributed by atoms with Gasteiger partial charge in [-0.25, -0.2) is 4.98 Å². The van der Waals surface area contributed by atoms with Crippen LogP contribution in [-0.2, 0) is 29.5 Å². The fourth-order valence-electron chi connectivity index (χ4n) is 6.05. The van der Waals surface area contributed by atoms with E-state index >= 15 is 0 Å². The van der Waals surface area contributed by atoms with Gasteiger partial charge in [0.2, 0.25) is 5.91 Å². The Labute approximate surface area is 248 Å². The number of carbonyl (C=O) groups is 2. The van der Waals surface area contributed by atoms with Crippen LogP contribution in [-0.4, -0.2) is 62.8 Å². The van der Waals surface area contributed by atoms with Crippen molar-refractivity contribution >= 4 is 30.1 Å². The van der Waals surface area contributed by atoms with Gasteiger partial charge in [0.15, 0.2) is 0 Å². The fourth-order valence-corrected chi connectivity index (χ4v) is 6.05. The summed E-state index contributed by atoms with van der Waals surface area (Å²) in [6.07, 6.45) is 7.57. The van der Waals surface area contributed by atoms with Crippen molar-refractivity contribution in [3.05, 3.63) is 65.0 Å². The number of aliphatic carboxylic acids is 1. The van der Waals surface area contributed by atoms with Crippen molar-refractivity contribution in [2.24, 2.45) is 13.0 Å². The number of benzene rings is 1. The number of hydrogen-bond acceptors (Lipinski definition) is 6. The number of anilines is 1. The molecule has 3 aromatic rings. The van der Waals surface area contributed by atoms with E-state index in [4.69, 9.17) is 4.98 Å². The molecular weight excluding hydrogens is 540 g/mol. The number of halogens is 1. The number of pyridine rings is 1. The zero-order chi connectivity index (χ0) is 28.1. The van der Waals surface area contributed by atoms with Crippen molar-refractivity contribution in [1.29, 1.82) is 0 Å². The highest BCUT2D eigenvalue weighted by Crippen LogP contribution is 2.28. The van der Waals surface area contributed by atoms with E-state index in [0.717, 1.165) is 92.1 Å². The Morgan fingerprint density at radius 3 is 2.85 bits per heavy atom. The van der Waals surface area contributed by atoms with Gasteiger partial charge in [0.1, 0.15) is 5.82 Å². The number of aromatic nitrogens is 3. The van der Waals surface area contributed by atoms with Gasteiger partial charge in [-0.1, -0.05) is 24.3 Å². The summed E-state index contributed by atoms with van der Waals surface area (Å²) < 4.78 is 1.81. The van der Waals surface area contributed by atoms with Gasteiger partial charge in [-0.2, -0.15) is 5.10 Å². The monoisotopic (exact) mass is 580 g/mol. The van der Waals surface area contributed by atoms with Crippen LogP contribution < -0.4 is 10.6 Å². The molecule has 1 aromatic carbocycles. The van der Waals surface area contributed by atoms with Gasteiger partial charge in [-0.3, -0.25) is 14.3 Å². The Morgan fingerprint density at radius 1 is 1.22 bits per heavy atom. The summed E-state index contributed by atoms with van der Waals surface area (Å²) in [6, 6.07) is 11.5. The number of piperidine rings is 1. The number of hydrogen-bond donors (Lipinski definition) is 3. The Bertz CT molecular complexity index is 1340. The second-order valence-electron chi connectivity index (χ2n) is 11.2. The van der Waals surface area contributed by atoms with Crippen molar-refractivity contribution in [1.82, 2.24) is 25.0 Å². The van der Waals surface area contributed by atoms with E-state index in [2.05, 4.69) is 32.8 Å². The lowest BCUT2D eigenvalue weighted by atomic mass is 9.94. The molecule has 10 heteroatoms. The molecule has 220 valence electrons. The van der Waals surface area contributed by atoms with Crippen LogP contribution in [0, 0.1) is 12.8 Å². The third-order valence-electron chi connectivity index (χ3n) is 8.11. The minimum absolute atomic E-state index is 0. The van der Waals surface area contributed by atoms with Crippen LogP contribution in [0.2, 0.25) is 0 Å². The SMILES string of the molecule is Cc1cnn(C)c1-c1cccc(C(CC(=O)O)NC(=O)[C@@H]2CCCN(CCCc3ccc4c(n3)NCCC4)C2)c1.Cl. The van der Waals surface area contributed by atoms with Crippen LogP contribution in [0.25, 0.3) is 11.3 Å². The lowest BCUT2D eigenvalue weighted by molar-refractivity contribution is -0.138. The summed E-state index contributed by atoms with van der Waals surface area (Å²) in [7, 11) is 1.89. The summed E-state index contributed by atoms with van der Waals surface area (Å²) in [4.78, 5) is 32.3. The number of aryl methyl sites for hydroxylation is 4. The third-order valence-corrected chi connectivity index (χ3v) is 8.11. The Hall–Kier alpha value is -3.43. The maximum absolute atomic E-state index is 13.4. The molecule has 2 aliphatic heterocycles. The van der Waals surface area contributed by atoms with Crippen molar-refractivity contribution in [3.8, 4) is 11.3 Å². The van der Waals surface area contributed by atoms with Gasteiger partial charge in [-0.05, 0) is 87.4 Å². The minimum Gasteiger partial charge on any atom is -0.481 e. The minimum atomic E-state index is -0.941. The summed E-state index contributed by atoms with van der Waals surface area (Å²) in [5.41, 5.74) is 6.17. The molecule has 41 heavy (non-hydrogen) atoms. The average Bonchev–Trinajstić information content (AvgIpc) is 3.30. The lowest BCUT2D eigenvalue weighted by Gasteiger charge is -2.33. The number of fused-ring (bicyclic) bond motifs is 1. The molecule has 5 rings (SSSR count). The second kappa shape index (κ2) is 14.0. The molecule has 2 atom stereocenters. The largest absolute Gasteiger partial charge is 0.481 e. The molecule has 4 heterocycles. The maximum Gasteiger partial charge on any atom is 0.305 e.